The van der Waals surface area contributed by atoms with Gasteiger partial charge in [0.05, 0.1) is 0 Å². The summed E-state index contributed by atoms with van der Waals surface area (Å²) in [6, 6.07) is 8.83. The summed E-state index contributed by atoms with van der Waals surface area (Å²) >= 11 is 0. The third-order valence-corrected chi connectivity index (χ3v) is 3.15. The summed E-state index contributed by atoms with van der Waals surface area (Å²) in [6.07, 6.45) is 1.25. The molecule has 1 aromatic rings. The highest BCUT2D eigenvalue weighted by Gasteiger charge is 2.23. The van der Waals surface area contributed by atoms with E-state index in [2.05, 4.69) is 36.0 Å². The van der Waals surface area contributed by atoms with Gasteiger partial charge in [-0.3, -0.25) is 0 Å². The number of benzene rings is 1. The second kappa shape index (κ2) is 5.21. The Bertz CT molecular complexity index is 318. The standard InChI is InChI=1S/C12H19N3.CH4/c1-14(2)12-7-8-15(9-12)11-5-3-10(13)4-6-11;/h3-6,12H,7-9,13H2,1-2H3;1H4. The molecule has 1 atom stereocenters. The first-order chi connectivity index (χ1) is 7.16. The first-order valence-electron chi connectivity index (χ1n) is 5.44. The fraction of sp³-hybridized carbons (Fsp3) is 0.538. The van der Waals surface area contributed by atoms with E-state index in [9.17, 15) is 0 Å². The van der Waals surface area contributed by atoms with Crippen molar-refractivity contribution in [2.24, 2.45) is 0 Å². The van der Waals surface area contributed by atoms with Gasteiger partial charge in [0.25, 0.3) is 0 Å². The molecule has 1 aliphatic heterocycles. The minimum absolute atomic E-state index is 0. The molecule has 0 amide bonds. The molecule has 0 bridgehead atoms. The molecule has 0 spiro atoms. The number of hydrogen-bond acceptors (Lipinski definition) is 3. The molecular formula is C13H23N3. The van der Waals surface area contributed by atoms with Crippen LogP contribution in [0, 0.1) is 0 Å². The van der Waals surface area contributed by atoms with Crippen molar-refractivity contribution in [3.8, 4) is 0 Å². The number of nitrogens with zero attached hydrogens (tertiary/aromatic N) is 2. The average molecular weight is 221 g/mol. The van der Waals surface area contributed by atoms with Crippen molar-refractivity contribution in [3.05, 3.63) is 24.3 Å². The molecule has 1 unspecified atom stereocenters. The number of nitrogen functional groups attached to an aromatic ring is 1. The van der Waals surface area contributed by atoms with E-state index in [4.69, 9.17) is 5.73 Å². The molecule has 3 nitrogen and oxygen atoms in total. The van der Waals surface area contributed by atoms with Crippen LogP contribution >= 0.6 is 0 Å². The van der Waals surface area contributed by atoms with Gasteiger partial charge in [0.15, 0.2) is 0 Å². The molecule has 3 heteroatoms. The molecule has 2 rings (SSSR count). The van der Waals surface area contributed by atoms with Crippen molar-refractivity contribution in [2.45, 2.75) is 19.9 Å². The van der Waals surface area contributed by atoms with Crippen molar-refractivity contribution in [1.29, 1.82) is 0 Å². The van der Waals surface area contributed by atoms with Crippen LogP contribution in [0.15, 0.2) is 24.3 Å². The van der Waals surface area contributed by atoms with Crippen LogP contribution in [0.5, 0.6) is 0 Å². The van der Waals surface area contributed by atoms with E-state index < -0.39 is 0 Å². The van der Waals surface area contributed by atoms with Gasteiger partial charge in [-0.25, -0.2) is 0 Å². The molecule has 90 valence electrons. The summed E-state index contributed by atoms with van der Waals surface area (Å²) in [7, 11) is 4.30. The van der Waals surface area contributed by atoms with Gasteiger partial charge in [-0.05, 0) is 44.8 Å². The predicted molar refractivity (Wildman–Crippen MR) is 71.9 cm³/mol. The summed E-state index contributed by atoms with van der Waals surface area (Å²) in [5.41, 5.74) is 7.80. The molecular weight excluding hydrogens is 198 g/mol. The van der Waals surface area contributed by atoms with Crippen LogP contribution in [-0.2, 0) is 0 Å². The Morgan fingerprint density at radius 2 is 1.88 bits per heavy atom. The topological polar surface area (TPSA) is 32.5 Å². The van der Waals surface area contributed by atoms with Gasteiger partial charge in [0.2, 0.25) is 0 Å². The van der Waals surface area contributed by atoms with Gasteiger partial charge >= 0.3 is 0 Å². The van der Waals surface area contributed by atoms with E-state index in [1.165, 1.54) is 12.1 Å². The Labute approximate surface area is 98.8 Å². The van der Waals surface area contributed by atoms with Crippen molar-refractivity contribution in [2.75, 3.05) is 37.8 Å². The van der Waals surface area contributed by atoms with Crippen LogP contribution in [-0.4, -0.2) is 38.1 Å². The van der Waals surface area contributed by atoms with Crippen molar-refractivity contribution < 1.29 is 0 Å². The van der Waals surface area contributed by atoms with Crippen LogP contribution < -0.4 is 10.6 Å². The summed E-state index contributed by atoms with van der Waals surface area (Å²) in [6.45, 7) is 2.27. The van der Waals surface area contributed by atoms with E-state index in [-0.39, 0.29) is 7.43 Å². The molecule has 1 aromatic carbocycles. The Kier molecular flexibility index (Phi) is 4.19. The number of hydrogen-bond donors (Lipinski definition) is 1. The summed E-state index contributed by atoms with van der Waals surface area (Å²) in [5.74, 6) is 0. The Hall–Kier alpha value is -1.22. The SMILES string of the molecule is C.CN(C)C1CCN(c2ccc(N)cc2)C1. The number of anilines is 2. The first kappa shape index (κ1) is 12.8. The van der Waals surface area contributed by atoms with Crippen molar-refractivity contribution in [3.63, 3.8) is 0 Å². The molecule has 0 aromatic heterocycles. The van der Waals surface area contributed by atoms with E-state index in [1.54, 1.807) is 0 Å². The third-order valence-electron chi connectivity index (χ3n) is 3.15. The second-order valence-corrected chi connectivity index (χ2v) is 4.44. The van der Waals surface area contributed by atoms with Crippen LogP contribution in [0.4, 0.5) is 11.4 Å². The summed E-state index contributed by atoms with van der Waals surface area (Å²) < 4.78 is 0. The minimum Gasteiger partial charge on any atom is -0.399 e. The fourth-order valence-electron chi connectivity index (χ4n) is 2.08. The smallest absolute Gasteiger partial charge is 0.0368 e. The lowest BCUT2D eigenvalue weighted by atomic mass is 10.2. The third kappa shape index (κ3) is 2.67. The maximum atomic E-state index is 5.67. The van der Waals surface area contributed by atoms with Crippen molar-refractivity contribution >= 4 is 11.4 Å². The maximum absolute atomic E-state index is 5.67. The monoisotopic (exact) mass is 221 g/mol. The zero-order valence-corrected chi connectivity index (χ0v) is 9.48. The lowest BCUT2D eigenvalue weighted by Crippen LogP contribution is -2.31. The van der Waals surface area contributed by atoms with Crippen LogP contribution in [0.1, 0.15) is 13.8 Å². The second-order valence-electron chi connectivity index (χ2n) is 4.44. The lowest BCUT2D eigenvalue weighted by Gasteiger charge is -2.21. The Morgan fingerprint density at radius 3 is 2.38 bits per heavy atom. The molecule has 2 N–H and O–H groups in total. The molecule has 16 heavy (non-hydrogen) atoms. The van der Waals surface area contributed by atoms with Crippen molar-refractivity contribution in [1.82, 2.24) is 4.90 Å². The summed E-state index contributed by atoms with van der Waals surface area (Å²) in [5, 5.41) is 0. The molecule has 0 aliphatic carbocycles. The fourth-order valence-corrected chi connectivity index (χ4v) is 2.08. The number of nitrogens with two attached hydrogens (primary N) is 1. The number of rotatable bonds is 2. The zero-order chi connectivity index (χ0) is 10.8. The van der Waals surface area contributed by atoms with Gasteiger partial charge in [-0.1, -0.05) is 7.43 Å². The highest BCUT2D eigenvalue weighted by Crippen LogP contribution is 2.22. The van der Waals surface area contributed by atoms with Gasteiger partial charge in [-0.2, -0.15) is 0 Å². The lowest BCUT2D eigenvalue weighted by molar-refractivity contribution is 0.315. The number of likely N-dealkylation sites (N-methyl/N-ethyl adjacent to an activating group) is 1. The highest BCUT2D eigenvalue weighted by atomic mass is 15.2. The Morgan fingerprint density at radius 1 is 1.25 bits per heavy atom. The highest BCUT2D eigenvalue weighted by molar-refractivity contribution is 5.53. The van der Waals surface area contributed by atoms with Gasteiger partial charge < -0.3 is 15.5 Å². The van der Waals surface area contributed by atoms with Gasteiger partial charge in [-0.15, -0.1) is 0 Å². The van der Waals surface area contributed by atoms with Crippen LogP contribution in [0.3, 0.4) is 0 Å². The van der Waals surface area contributed by atoms with Crippen LogP contribution in [0.2, 0.25) is 0 Å². The normalized spacial score (nSPS) is 19.9. The van der Waals surface area contributed by atoms with Crippen LogP contribution in [0.25, 0.3) is 0 Å². The van der Waals surface area contributed by atoms with E-state index in [0.717, 1.165) is 18.8 Å². The van der Waals surface area contributed by atoms with E-state index in [1.807, 2.05) is 12.1 Å². The molecule has 1 heterocycles. The summed E-state index contributed by atoms with van der Waals surface area (Å²) in [4.78, 5) is 4.72. The maximum Gasteiger partial charge on any atom is 0.0368 e. The molecule has 0 radical (unpaired) electrons. The minimum atomic E-state index is 0. The average Bonchev–Trinajstić information content (AvgIpc) is 2.68. The first-order valence-corrected chi connectivity index (χ1v) is 5.44. The van der Waals surface area contributed by atoms with Gasteiger partial charge in [0.1, 0.15) is 0 Å². The van der Waals surface area contributed by atoms with E-state index in [0.29, 0.717) is 6.04 Å². The Balaban J connectivity index is 0.00000128. The largest absolute Gasteiger partial charge is 0.399 e. The molecule has 0 saturated carbocycles. The zero-order valence-electron chi connectivity index (χ0n) is 9.48. The quantitative estimate of drug-likeness (QED) is 0.776. The molecule has 1 fully saturated rings. The van der Waals surface area contributed by atoms with E-state index >= 15 is 0 Å². The molecule has 1 saturated heterocycles. The molecule has 1 aliphatic rings. The van der Waals surface area contributed by atoms with Gasteiger partial charge in [0, 0.05) is 30.5 Å². The predicted octanol–water partition coefficient (Wildman–Crippen LogP) is 2.05.